The van der Waals surface area contributed by atoms with Crippen LogP contribution in [0, 0.1) is 0 Å². The lowest BCUT2D eigenvalue weighted by molar-refractivity contribution is 0.979. The number of pyridine rings is 1. The van der Waals surface area contributed by atoms with E-state index >= 15 is 0 Å². The van der Waals surface area contributed by atoms with Crippen molar-refractivity contribution in [2.45, 2.75) is 0 Å². The topological polar surface area (TPSA) is 43.1 Å². The van der Waals surface area contributed by atoms with Crippen LogP contribution in [0.2, 0.25) is 0 Å². The van der Waals surface area contributed by atoms with Gasteiger partial charge in [-0.05, 0) is 46.3 Å². The third-order valence-corrected chi connectivity index (χ3v) is 10.2. The summed E-state index contributed by atoms with van der Waals surface area (Å²) in [6.45, 7) is 0. The number of benzene rings is 7. The molecule has 3 aromatic heterocycles. The molecule has 0 unspecified atom stereocenters. The predicted molar refractivity (Wildman–Crippen MR) is 226 cm³/mol. The van der Waals surface area contributed by atoms with E-state index in [0.717, 1.165) is 89.1 Å². The summed E-state index contributed by atoms with van der Waals surface area (Å²) in [6.07, 6.45) is 0. The highest BCUT2D eigenvalue weighted by atomic mass is 15.2. The van der Waals surface area contributed by atoms with E-state index in [1.807, 2.05) is 36.4 Å². The zero-order valence-electron chi connectivity index (χ0n) is 29.9. The Morgan fingerprint density at radius 1 is 0.345 bits per heavy atom. The number of aromatic nitrogens is 4. The van der Waals surface area contributed by atoms with E-state index in [2.05, 4.69) is 174 Å². The van der Waals surface area contributed by atoms with Crippen LogP contribution >= 0.6 is 0 Å². The van der Waals surface area contributed by atoms with Crippen molar-refractivity contribution >= 4 is 16.3 Å². The fourth-order valence-electron chi connectivity index (χ4n) is 7.55. The highest BCUT2D eigenvalue weighted by molar-refractivity contribution is 6.09. The lowest BCUT2D eigenvalue weighted by Crippen LogP contribution is -1.96. The molecule has 55 heavy (non-hydrogen) atoms. The van der Waals surface area contributed by atoms with Crippen molar-refractivity contribution < 1.29 is 0 Å². The molecule has 0 bridgehead atoms. The van der Waals surface area contributed by atoms with Crippen molar-refractivity contribution in [1.29, 1.82) is 0 Å². The normalized spacial score (nSPS) is 11.3. The summed E-state index contributed by atoms with van der Waals surface area (Å²) in [5.41, 5.74) is 14.6. The maximum atomic E-state index is 5.37. The van der Waals surface area contributed by atoms with Crippen molar-refractivity contribution in [2.24, 2.45) is 0 Å². The molecule has 0 saturated heterocycles. The fourth-order valence-corrected chi connectivity index (χ4v) is 7.55. The third kappa shape index (κ3) is 6.06. The van der Waals surface area contributed by atoms with Crippen LogP contribution in [-0.2, 0) is 0 Å². The Kier molecular flexibility index (Phi) is 8.12. The zero-order chi connectivity index (χ0) is 36.6. The minimum atomic E-state index is 0.691. The fraction of sp³-hybridized carbons (Fsp3) is 0. The average molecular weight is 703 g/mol. The molecular weight excluding hydrogens is 669 g/mol. The predicted octanol–water partition coefficient (Wildman–Crippen LogP) is 12.9. The second kappa shape index (κ2) is 13.8. The minimum Gasteiger partial charge on any atom is -0.231 e. The van der Waals surface area contributed by atoms with Crippen LogP contribution in [0.1, 0.15) is 0 Å². The second-order valence-electron chi connectivity index (χ2n) is 13.7. The summed E-state index contributed by atoms with van der Waals surface area (Å²) in [5.74, 6) is 0.691. The number of nitrogens with zero attached hydrogens (tertiary/aromatic N) is 4. The number of hydrogen-bond donors (Lipinski definition) is 0. The lowest BCUT2D eigenvalue weighted by Gasteiger charge is -2.13. The third-order valence-electron chi connectivity index (χ3n) is 10.2. The first-order valence-corrected chi connectivity index (χ1v) is 18.5. The quantitative estimate of drug-likeness (QED) is 0.166. The molecule has 10 rings (SSSR count). The molecule has 0 N–H and O–H groups in total. The van der Waals surface area contributed by atoms with Gasteiger partial charge >= 0.3 is 0 Å². The van der Waals surface area contributed by atoms with Gasteiger partial charge in [0.25, 0.3) is 0 Å². The van der Waals surface area contributed by atoms with Gasteiger partial charge in [-0.15, -0.1) is 0 Å². The van der Waals surface area contributed by atoms with E-state index in [4.69, 9.17) is 15.1 Å². The molecule has 0 aliphatic rings. The summed E-state index contributed by atoms with van der Waals surface area (Å²) in [6, 6.07) is 72.1. The van der Waals surface area contributed by atoms with Gasteiger partial charge in [0.05, 0.1) is 22.6 Å². The summed E-state index contributed by atoms with van der Waals surface area (Å²) in [4.78, 5) is 10.2. The smallest absolute Gasteiger partial charge is 0.160 e. The van der Waals surface area contributed by atoms with Gasteiger partial charge in [-0.1, -0.05) is 182 Å². The van der Waals surface area contributed by atoms with Gasteiger partial charge in [-0.25, -0.2) is 14.5 Å². The number of fused-ring (bicyclic) bond motifs is 3. The maximum Gasteiger partial charge on any atom is 0.160 e. The molecule has 10 aromatic rings. The second-order valence-corrected chi connectivity index (χ2v) is 13.7. The first-order chi connectivity index (χ1) is 27.3. The number of hydrogen-bond acceptors (Lipinski definition) is 3. The van der Waals surface area contributed by atoms with E-state index in [9.17, 15) is 0 Å². The maximum absolute atomic E-state index is 5.37. The molecule has 0 amide bonds. The zero-order valence-corrected chi connectivity index (χ0v) is 29.9. The molecule has 0 saturated carbocycles. The van der Waals surface area contributed by atoms with Crippen molar-refractivity contribution in [3.63, 3.8) is 0 Å². The molecule has 4 heteroatoms. The van der Waals surface area contributed by atoms with Crippen LogP contribution in [-0.4, -0.2) is 19.6 Å². The summed E-state index contributed by atoms with van der Waals surface area (Å²) >= 11 is 0. The molecule has 4 nitrogen and oxygen atoms in total. The van der Waals surface area contributed by atoms with Crippen LogP contribution in [0.5, 0.6) is 0 Å². The Morgan fingerprint density at radius 3 is 1.44 bits per heavy atom. The molecule has 258 valence electrons. The first-order valence-electron chi connectivity index (χ1n) is 18.5. The average Bonchev–Trinajstić information content (AvgIpc) is 3.68. The SMILES string of the molecule is c1ccc(-c2cc(-c3ccccc3)nc(-c3cccc(-c4ccc5c(c4)cc(-c4ccccc4)n4nc(-c6ccccc6)c(-c6ccccc6)c54)c3)n2)cc1. The van der Waals surface area contributed by atoms with Crippen molar-refractivity contribution in [2.75, 3.05) is 0 Å². The van der Waals surface area contributed by atoms with Gasteiger partial charge in [0.15, 0.2) is 5.82 Å². The van der Waals surface area contributed by atoms with Gasteiger partial charge in [0.1, 0.15) is 5.69 Å². The molecule has 0 aliphatic heterocycles. The van der Waals surface area contributed by atoms with Crippen LogP contribution in [0.4, 0.5) is 0 Å². The van der Waals surface area contributed by atoms with Gasteiger partial charge in [-0.3, -0.25) is 0 Å². The van der Waals surface area contributed by atoms with Gasteiger partial charge in [0.2, 0.25) is 0 Å². The molecule has 0 spiro atoms. The van der Waals surface area contributed by atoms with Crippen LogP contribution in [0.3, 0.4) is 0 Å². The lowest BCUT2D eigenvalue weighted by atomic mass is 9.95. The Balaban J connectivity index is 1.17. The Hall–Kier alpha value is -7.43. The van der Waals surface area contributed by atoms with E-state index in [1.165, 1.54) is 0 Å². The monoisotopic (exact) mass is 702 g/mol. The van der Waals surface area contributed by atoms with Gasteiger partial charge < -0.3 is 0 Å². The minimum absolute atomic E-state index is 0.691. The molecule has 0 atom stereocenters. The summed E-state index contributed by atoms with van der Waals surface area (Å²) in [7, 11) is 0. The highest BCUT2D eigenvalue weighted by Crippen LogP contribution is 2.42. The molecule has 0 radical (unpaired) electrons. The van der Waals surface area contributed by atoms with E-state index in [1.54, 1.807) is 0 Å². The molecule has 3 heterocycles. The van der Waals surface area contributed by atoms with E-state index in [-0.39, 0.29) is 0 Å². The Bertz CT molecular complexity index is 2880. The standard InChI is InChI=1S/C51H34N4/c1-6-17-35(18-7-1)45-34-46(36-19-8-2-9-20-36)53-51(52-45)42-28-16-27-40(31-42)41-29-30-44-43(32-41)33-47(37-21-10-3-11-22-37)55-50(44)48(38-23-12-4-13-24-38)49(54-55)39-25-14-5-15-26-39/h1-34H. The van der Waals surface area contributed by atoms with Gasteiger partial charge in [-0.2, -0.15) is 5.10 Å². The summed E-state index contributed by atoms with van der Waals surface area (Å²) < 4.78 is 2.14. The molecular formula is C51H34N4. The number of rotatable bonds is 7. The first kappa shape index (κ1) is 32.2. The molecule has 0 aliphatic carbocycles. The van der Waals surface area contributed by atoms with Gasteiger partial charge in [0, 0.05) is 38.8 Å². The van der Waals surface area contributed by atoms with Crippen LogP contribution < -0.4 is 0 Å². The van der Waals surface area contributed by atoms with E-state index < -0.39 is 0 Å². The van der Waals surface area contributed by atoms with Crippen molar-refractivity contribution in [3.8, 4) is 78.7 Å². The highest BCUT2D eigenvalue weighted by Gasteiger charge is 2.22. The van der Waals surface area contributed by atoms with E-state index in [0.29, 0.717) is 5.82 Å². The summed E-state index contributed by atoms with van der Waals surface area (Å²) in [5, 5.41) is 7.65. The largest absolute Gasteiger partial charge is 0.231 e. The van der Waals surface area contributed by atoms with Crippen molar-refractivity contribution in [3.05, 3.63) is 206 Å². The van der Waals surface area contributed by atoms with Crippen molar-refractivity contribution in [1.82, 2.24) is 19.6 Å². The Morgan fingerprint density at radius 2 is 0.836 bits per heavy atom. The molecule has 0 fully saturated rings. The molecule has 7 aromatic carbocycles. The van der Waals surface area contributed by atoms with Crippen LogP contribution in [0.15, 0.2) is 206 Å². The van der Waals surface area contributed by atoms with Crippen LogP contribution in [0.25, 0.3) is 95.0 Å². The Labute approximate surface area is 319 Å².